The number of nitrogens with zero attached hydrogens (tertiary/aromatic N) is 2. The molecule has 2 aromatic rings. The number of alkyl halides is 3. The van der Waals surface area contributed by atoms with Crippen LogP contribution in [-0.4, -0.2) is 40.1 Å². The van der Waals surface area contributed by atoms with Gasteiger partial charge in [-0.3, -0.25) is 4.57 Å². The van der Waals surface area contributed by atoms with Crippen LogP contribution in [0.15, 0.2) is 24.4 Å². The van der Waals surface area contributed by atoms with E-state index in [1.54, 1.807) is 20.8 Å². The van der Waals surface area contributed by atoms with Crippen molar-refractivity contribution in [2.45, 2.75) is 45.1 Å². The average Bonchev–Trinajstić information content (AvgIpc) is 2.97. The van der Waals surface area contributed by atoms with E-state index in [1.807, 2.05) is 6.07 Å². The molecule has 0 aliphatic rings. The van der Waals surface area contributed by atoms with E-state index in [2.05, 4.69) is 4.74 Å². The Hall–Kier alpha value is -3.06. The molecule has 1 atom stereocenters. The van der Waals surface area contributed by atoms with Crippen molar-refractivity contribution in [2.24, 2.45) is 0 Å². The van der Waals surface area contributed by atoms with Crippen LogP contribution >= 0.6 is 0 Å². The first-order valence-corrected chi connectivity index (χ1v) is 8.51. The summed E-state index contributed by atoms with van der Waals surface area (Å²) in [5.41, 5.74) is -5.99. The molecular weight excluding hydrogens is 393 g/mol. The van der Waals surface area contributed by atoms with Crippen molar-refractivity contribution in [1.29, 1.82) is 5.26 Å². The molecule has 0 fully saturated rings. The molecule has 1 aromatic heterocycles. The van der Waals surface area contributed by atoms with E-state index in [0.29, 0.717) is 10.8 Å². The highest BCUT2D eigenvalue weighted by Gasteiger charge is 2.63. The Morgan fingerprint density at radius 2 is 1.86 bits per heavy atom. The second kappa shape index (κ2) is 7.40. The lowest BCUT2D eigenvalue weighted by Gasteiger charge is -2.27. The quantitative estimate of drug-likeness (QED) is 0.773. The molecule has 10 heteroatoms. The van der Waals surface area contributed by atoms with Crippen LogP contribution in [0.5, 0.6) is 0 Å². The highest BCUT2D eigenvalue weighted by Crippen LogP contribution is 2.43. The Bertz CT molecular complexity index is 998. The monoisotopic (exact) mass is 412 g/mol. The first-order valence-electron chi connectivity index (χ1n) is 8.51. The first-order chi connectivity index (χ1) is 13.3. The summed E-state index contributed by atoms with van der Waals surface area (Å²) in [4.78, 5) is 24.7. The van der Waals surface area contributed by atoms with Gasteiger partial charge in [0.25, 0.3) is 5.60 Å². The predicted molar refractivity (Wildman–Crippen MR) is 94.9 cm³/mol. The number of aliphatic hydroxyl groups is 1. The molecular formula is C19H19F3N2O5. The number of nitriles is 1. The Balaban J connectivity index is 2.84. The maximum Gasteiger partial charge on any atom is 0.432 e. The molecule has 7 nitrogen and oxygen atoms in total. The molecule has 0 radical (unpaired) electrons. The fourth-order valence-corrected chi connectivity index (χ4v) is 2.66. The number of rotatable bonds is 3. The smallest absolute Gasteiger partial charge is 0.432 e. The second-order valence-electron chi connectivity index (χ2n) is 7.17. The highest BCUT2D eigenvalue weighted by atomic mass is 19.4. The third-order valence-electron chi connectivity index (χ3n) is 3.90. The van der Waals surface area contributed by atoms with Gasteiger partial charge in [-0.05, 0) is 39.8 Å². The van der Waals surface area contributed by atoms with Crippen LogP contribution in [-0.2, 0) is 19.9 Å². The summed E-state index contributed by atoms with van der Waals surface area (Å²) < 4.78 is 51.7. The van der Waals surface area contributed by atoms with Gasteiger partial charge in [-0.1, -0.05) is 6.07 Å². The van der Waals surface area contributed by atoms with Crippen LogP contribution in [0.1, 0.15) is 38.8 Å². The van der Waals surface area contributed by atoms with E-state index in [1.165, 1.54) is 13.0 Å². The van der Waals surface area contributed by atoms with Crippen LogP contribution in [0.25, 0.3) is 10.9 Å². The summed E-state index contributed by atoms with van der Waals surface area (Å²) in [5, 5.41) is 19.3. The van der Waals surface area contributed by atoms with Crippen LogP contribution in [0.4, 0.5) is 18.0 Å². The van der Waals surface area contributed by atoms with Crippen molar-refractivity contribution in [3.8, 4) is 6.07 Å². The zero-order valence-electron chi connectivity index (χ0n) is 16.1. The fourth-order valence-electron chi connectivity index (χ4n) is 2.66. The van der Waals surface area contributed by atoms with Gasteiger partial charge >= 0.3 is 18.2 Å². The molecule has 0 saturated heterocycles. The normalized spacial score (nSPS) is 14.2. The van der Waals surface area contributed by atoms with Crippen LogP contribution in [0.2, 0.25) is 0 Å². The lowest BCUT2D eigenvalue weighted by Crippen LogP contribution is -2.50. The molecule has 0 bridgehead atoms. The molecule has 2 rings (SSSR count). The van der Waals surface area contributed by atoms with Gasteiger partial charge in [0, 0.05) is 17.1 Å². The molecule has 0 aliphatic heterocycles. The number of esters is 1. The van der Waals surface area contributed by atoms with E-state index in [4.69, 9.17) is 10.00 Å². The number of fused-ring (bicyclic) bond motifs is 1. The van der Waals surface area contributed by atoms with Crippen molar-refractivity contribution >= 4 is 23.0 Å². The number of halogens is 3. The molecule has 0 spiro atoms. The van der Waals surface area contributed by atoms with Gasteiger partial charge in [0.1, 0.15) is 5.60 Å². The highest BCUT2D eigenvalue weighted by molar-refractivity contribution is 5.97. The molecule has 29 heavy (non-hydrogen) atoms. The standard InChI is InChI=1S/C19H19F3N2O5/c1-5-28-15(25)18(27,19(20,21)22)13-10-24(16(26)29-17(2,3)4)14-8-11(9-23)6-7-12(13)14/h6-8,10,27H,5H2,1-4H3/t18-/m0/s1. The number of hydrogen-bond donors (Lipinski definition) is 1. The summed E-state index contributed by atoms with van der Waals surface area (Å²) in [6, 6.07) is 5.28. The van der Waals surface area contributed by atoms with Gasteiger partial charge in [-0.25, -0.2) is 9.59 Å². The van der Waals surface area contributed by atoms with Crippen molar-refractivity contribution in [2.75, 3.05) is 6.61 Å². The van der Waals surface area contributed by atoms with Crippen molar-refractivity contribution in [3.63, 3.8) is 0 Å². The molecule has 1 heterocycles. The molecule has 1 aromatic carbocycles. The third-order valence-corrected chi connectivity index (χ3v) is 3.90. The molecule has 0 unspecified atom stereocenters. The summed E-state index contributed by atoms with van der Waals surface area (Å²) >= 11 is 0. The maximum atomic E-state index is 13.8. The summed E-state index contributed by atoms with van der Waals surface area (Å²) in [6.07, 6.45) is -5.82. The number of aromatic nitrogens is 1. The lowest BCUT2D eigenvalue weighted by molar-refractivity contribution is -0.267. The van der Waals surface area contributed by atoms with Crippen molar-refractivity contribution in [3.05, 3.63) is 35.5 Å². The minimum absolute atomic E-state index is 0.0543. The lowest BCUT2D eigenvalue weighted by atomic mass is 9.92. The first kappa shape index (κ1) is 22.2. The predicted octanol–water partition coefficient (Wildman–Crippen LogP) is 3.61. The van der Waals surface area contributed by atoms with Crippen LogP contribution < -0.4 is 0 Å². The molecule has 0 aliphatic carbocycles. The Labute approximate surface area is 164 Å². The number of carbonyl (C=O) groups excluding carboxylic acids is 2. The maximum absolute atomic E-state index is 13.8. The van der Waals surface area contributed by atoms with Gasteiger partial charge in [0.2, 0.25) is 0 Å². The van der Waals surface area contributed by atoms with Crippen molar-refractivity contribution < 1.29 is 37.3 Å². The topological polar surface area (TPSA) is 102 Å². The molecule has 0 saturated carbocycles. The van der Waals surface area contributed by atoms with E-state index in [0.717, 1.165) is 12.1 Å². The molecule has 156 valence electrons. The number of ether oxygens (including phenoxy) is 2. The Kier molecular flexibility index (Phi) is 5.68. The Morgan fingerprint density at radius 1 is 1.24 bits per heavy atom. The largest absolute Gasteiger partial charge is 0.463 e. The van der Waals surface area contributed by atoms with E-state index < -0.39 is 41.6 Å². The second-order valence-corrected chi connectivity index (χ2v) is 7.17. The number of benzene rings is 1. The van der Waals surface area contributed by atoms with Gasteiger partial charge in [0.05, 0.1) is 23.8 Å². The van der Waals surface area contributed by atoms with E-state index >= 15 is 0 Å². The molecule has 1 N–H and O–H groups in total. The van der Waals surface area contributed by atoms with Gasteiger partial charge in [0.15, 0.2) is 0 Å². The fraction of sp³-hybridized carbons (Fsp3) is 0.421. The third kappa shape index (κ3) is 4.05. The molecule has 0 amide bonds. The van der Waals surface area contributed by atoms with Gasteiger partial charge in [-0.15, -0.1) is 0 Å². The summed E-state index contributed by atoms with van der Waals surface area (Å²) in [7, 11) is 0. The SMILES string of the molecule is CCOC(=O)[C@@](O)(c1cn(C(=O)OC(C)(C)C)c2cc(C#N)ccc12)C(F)(F)F. The van der Waals surface area contributed by atoms with E-state index in [-0.39, 0.29) is 16.5 Å². The van der Waals surface area contributed by atoms with Gasteiger partial charge < -0.3 is 14.6 Å². The van der Waals surface area contributed by atoms with Gasteiger partial charge in [-0.2, -0.15) is 18.4 Å². The minimum atomic E-state index is -5.44. The van der Waals surface area contributed by atoms with Crippen molar-refractivity contribution in [1.82, 2.24) is 4.57 Å². The zero-order chi connectivity index (χ0) is 22.2. The number of carbonyl (C=O) groups is 2. The van der Waals surface area contributed by atoms with Crippen LogP contribution in [0.3, 0.4) is 0 Å². The minimum Gasteiger partial charge on any atom is -0.463 e. The van der Waals surface area contributed by atoms with Crippen LogP contribution in [0, 0.1) is 11.3 Å². The average molecular weight is 412 g/mol. The Morgan fingerprint density at radius 3 is 2.34 bits per heavy atom. The van der Waals surface area contributed by atoms with E-state index in [9.17, 15) is 27.9 Å². The summed E-state index contributed by atoms with van der Waals surface area (Å²) in [5.74, 6) is -1.93. The number of hydrogen-bond acceptors (Lipinski definition) is 6. The zero-order valence-corrected chi connectivity index (χ0v) is 16.1. The summed E-state index contributed by atoms with van der Waals surface area (Å²) in [6.45, 7) is 5.56.